The third-order valence-electron chi connectivity index (χ3n) is 5.07. The molecule has 0 aromatic heterocycles. The topological polar surface area (TPSA) is 23.5 Å². The first kappa shape index (κ1) is 13.1. The Bertz CT molecular complexity index is 474. The smallest absolute Gasteiger partial charge is 0.132 e. The van der Waals surface area contributed by atoms with Gasteiger partial charge in [-0.15, -0.1) is 0 Å². The molecule has 2 aliphatic rings. The number of fused-ring (bicyclic) bond motifs is 2. The zero-order chi connectivity index (χ0) is 13.6. The third kappa shape index (κ3) is 2.09. The average Bonchev–Trinajstić information content (AvgIpc) is 2.35. The number of halogens is 1. The van der Waals surface area contributed by atoms with Gasteiger partial charge in [-0.1, -0.05) is 24.6 Å². The van der Waals surface area contributed by atoms with Crippen LogP contribution in [0, 0.1) is 12.7 Å². The van der Waals surface area contributed by atoms with Crippen molar-refractivity contribution in [2.45, 2.75) is 56.7 Å². The van der Waals surface area contributed by atoms with Gasteiger partial charge in [-0.05, 0) is 45.2 Å². The Morgan fingerprint density at radius 2 is 1.89 bits per heavy atom. The maximum atomic E-state index is 14.3. The second kappa shape index (κ2) is 4.57. The molecular weight excluding hydrogens is 241 g/mol. The van der Waals surface area contributed by atoms with Crippen LogP contribution in [0.1, 0.15) is 43.2 Å². The van der Waals surface area contributed by atoms with Gasteiger partial charge in [0.15, 0.2) is 0 Å². The number of rotatable bonds is 1. The predicted octanol–water partition coefficient (Wildman–Crippen LogP) is 2.97. The zero-order valence-electron chi connectivity index (χ0n) is 11.7. The summed E-state index contributed by atoms with van der Waals surface area (Å²) in [7, 11) is 2.14. The van der Waals surface area contributed by atoms with Gasteiger partial charge < -0.3 is 10.0 Å². The maximum Gasteiger partial charge on any atom is 0.132 e. The minimum atomic E-state index is -0.988. The van der Waals surface area contributed by atoms with E-state index in [1.807, 2.05) is 6.07 Å². The molecule has 0 spiro atoms. The molecule has 2 heterocycles. The molecule has 1 aromatic carbocycles. The van der Waals surface area contributed by atoms with E-state index in [4.69, 9.17) is 0 Å². The molecule has 2 bridgehead atoms. The fourth-order valence-corrected chi connectivity index (χ4v) is 3.88. The van der Waals surface area contributed by atoms with Crippen molar-refractivity contribution in [3.8, 4) is 0 Å². The van der Waals surface area contributed by atoms with E-state index in [1.165, 1.54) is 6.42 Å². The number of aliphatic hydroxyl groups is 1. The van der Waals surface area contributed by atoms with Crippen LogP contribution in [0.4, 0.5) is 4.39 Å². The van der Waals surface area contributed by atoms with E-state index in [2.05, 4.69) is 11.9 Å². The molecule has 104 valence electrons. The summed E-state index contributed by atoms with van der Waals surface area (Å²) in [5.41, 5.74) is 0.130. The quantitative estimate of drug-likeness (QED) is 0.842. The number of aryl methyl sites for hydroxylation is 1. The Hall–Kier alpha value is -0.930. The largest absolute Gasteiger partial charge is 0.385 e. The summed E-state index contributed by atoms with van der Waals surface area (Å²) in [6.07, 6.45) is 4.76. The van der Waals surface area contributed by atoms with E-state index >= 15 is 0 Å². The van der Waals surface area contributed by atoms with Crippen LogP contribution >= 0.6 is 0 Å². The lowest BCUT2D eigenvalue weighted by Gasteiger charge is -2.50. The van der Waals surface area contributed by atoms with Gasteiger partial charge in [0.1, 0.15) is 5.82 Å². The van der Waals surface area contributed by atoms with Crippen LogP contribution in [0.3, 0.4) is 0 Å². The van der Waals surface area contributed by atoms with E-state index in [0.717, 1.165) is 12.8 Å². The van der Waals surface area contributed by atoms with Crippen molar-refractivity contribution in [2.24, 2.45) is 0 Å². The highest BCUT2D eigenvalue weighted by Gasteiger charge is 2.45. The van der Waals surface area contributed by atoms with Crippen molar-refractivity contribution in [3.05, 3.63) is 35.1 Å². The van der Waals surface area contributed by atoms with Gasteiger partial charge in [-0.25, -0.2) is 4.39 Å². The highest BCUT2D eigenvalue weighted by molar-refractivity contribution is 5.31. The van der Waals surface area contributed by atoms with Crippen molar-refractivity contribution in [1.29, 1.82) is 0 Å². The molecule has 2 fully saturated rings. The zero-order valence-corrected chi connectivity index (χ0v) is 11.7. The third-order valence-corrected chi connectivity index (χ3v) is 5.07. The molecule has 0 amide bonds. The summed E-state index contributed by atoms with van der Waals surface area (Å²) in [5.74, 6) is -0.229. The van der Waals surface area contributed by atoms with Gasteiger partial charge in [-0.2, -0.15) is 0 Å². The average molecular weight is 263 g/mol. The molecule has 3 rings (SSSR count). The monoisotopic (exact) mass is 263 g/mol. The van der Waals surface area contributed by atoms with Gasteiger partial charge in [-0.3, -0.25) is 0 Å². The van der Waals surface area contributed by atoms with E-state index in [-0.39, 0.29) is 5.82 Å². The number of hydrogen-bond donors (Lipinski definition) is 1. The lowest BCUT2D eigenvalue weighted by molar-refractivity contribution is -0.0892. The van der Waals surface area contributed by atoms with Crippen LogP contribution in [0.25, 0.3) is 0 Å². The fraction of sp³-hybridized carbons (Fsp3) is 0.625. The van der Waals surface area contributed by atoms with Crippen LogP contribution in [0.15, 0.2) is 18.2 Å². The Morgan fingerprint density at radius 1 is 1.26 bits per heavy atom. The van der Waals surface area contributed by atoms with E-state index in [9.17, 15) is 9.50 Å². The number of piperidine rings is 2. The molecule has 0 aliphatic carbocycles. The van der Waals surface area contributed by atoms with Crippen molar-refractivity contribution >= 4 is 0 Å². The van der Waals surface area contributed by atoms with Crippen LogP contribution in [0.5, 0.6) is 0 Å². The standard InChI is InChI=1S/C16H22FNO/c1-11-5-3-8-14(15(11)17)16(19)9-12-6-4-7-13(10-16)18(12)2/h3,5,8,12-13,19H,4,6-7,9-10H2,1-2H3. The van der Waals surface area contributed by atoms with Crippen LogP contribution in [-0.4, -0.2) is 29.1 Å². The normalized spacial score (nSPS) is 35.4. The van der Waals surface area contributed by atoms with Crippen molar-refractivity contribution in [3.63, 3.8) is 0 Å². The Morgan fingerprint density at radius 3 is 2.53 bits per heavy atom. The minimum Gasteiger partial charge on any atom is -0.385 e. The second-order valence-corrected chi connectivity index (χ2v) is 6.28. The molecular formula is C16H22FNO. The van der Waals surface area contributed by atoms with Crippen LogP contribution in [-0.2, 0) is 5.60 Å². The highest BCUT2D eigenvalue weighted by Crippen LogP contribution is 2.44. The van der Waals surface area contributed by atoms with E-state index < -0.39 is 5.60 Å². The molecule has 1 N–H and O–H groups in total. The van der Waals surface area contributed by atoms with Gasteiger partial charge in [0, 0.05) is 17.6 Å². The molecule has 1 aromatic rings. The van der Waals surface area contributed by atoms with Gasteiger partial charge in [0.05, 0.1) is 5.60 Å². The molecule has 2 unspecified atom stereocenters. The SMILES string of the molecule is Cc1cccc(C2(O)CC3CCCC(C2)N3C)c1F. The molecule has 2 saturated heterocycles. The van der Waals surface area contributed by atoms with Gasteiger partial charge >= 0.3 is 0 Å². The number of nitrogens with zero attached hydrogens (tertiary/aromatic N) is 1. The summed E-state index contributed by atoms with van der Waals surface area (Å²) in [5, 5.41) is 11.0. The molecule has 2 aliphatic heterocycles. The first-order valence-corrected chi connectivity index (χ1v) is 7.21. The predicted molar refractivity (Wildman–Crippen MR) is 73.5 cm³/mol. The summed E-state index contributed by atoms with van der Waals surface area (Å²) < 4.78 is 14.3. The molecule has 3 heteroatoms. The van der Waals surface area contributed by atoms with Crippen LogP contribution < -0.4 is 0 Å². The number of hydrogen-bond acceptors (Lipinski definition) is 2. The van der Waals surface area contributed by atoms with E-state index in [0.29, 0.717) is 36.1 Å². The lowest BCUT2D eigenvalue weighted by atomic mass is 9.72. The summed E-state index contributed by atoms with van der Waals surface area (Å²) in [6.45, 7) is 1.76. The first-order valence-electron chi connectivity index (χ1n) is 7.21. The van der Waals surface area contributed by atoms with Gasteiger partial charge in [0.25, 0.3) is 0 Å². The molecule has 2 atom stereocenters. The molecule has 0 saturated carbocycles. The Labute approximate surface area is 114 Å². The van der Waals surface area contributed by atoms with Crippen molar-refractivity contribution in [1.82, 2.24) is 4.90 Å². The Balaban J connectivity index is 1.97. The fourth-order valence-electron chi connectivity index (χ4n) is 3.88. The van der Waals surface area contributed by atoms with Gasteiger partial charge in [0.2, 0.25) is 0 Å². The van der Waals surface area contributed by atoms with Crippen molar-refractivity contribution in [2.75, 3.05) is 7.05 Å². The lowest BCUT2D eigenvalue weighted by Crippen LogP contribution is -2.55. The highest BCUT2D eigenvalue weighted by atomic mass is 19.1. The first-order chi connectivity index (χ1) is 9.01. The molecule has 2 nitrogen and oxygen atoms in total. The van der Waals surface area contributed by atoms with E-state index in [1.54, 1.807) is 19.1 Å². The number of benzene rings is 1. The second-order valence-electron chi connectivity index (χ2n) is 6.28. The molecule has 0 radical (unpaired) electrons. The summed E-state index contributed by atoms with van der Waals surface area (Å²) >= 11 is 0. The maximum absolute atomic E-state index is 14.3. The summed E-state index contributed by atoms with van der Waals surface area (Å²) in [4.78, 5) is 2.38. The summed E-state index contributed by atoms with van der Waals surface area (Å²) in [6, 6.07) is 6.14. The Kier molecular flexibility index (Phi) is 3.14. The van der Waals surface area contributed by atoms with Crippen molar-refractivity contribution < 1.29 is 9.50 Å². The molecule has 19 heavy (non-hydrogen) atoms. The van der Waals surface area contributed by atoms with Crippen LogP contribution in [0.2, 0.25) is 0 Å². The minimum absolute atomic E-state index is 0.229.